The molecule has 0 atom stereocenters. The van der Waals surface area contributed by atoms with Crippen molar-refractivity contribution in [2.75, 3.05) is 23.3 Å². The summed E-state index contributed by atoms with van der Waals surface area (Å²) in [5.41, 5.74) is 6.77. The summed E-state index contributed by atoms with van der Waals surface area (Å²) in [6.45, 7) is 5.77. The molecule has 0 aliphatic carbocycles. The first-order valence-electron chi connectivity index (χ1n) is 13.0. The number of rotatable bonds is 9. The topological polar surface area (TPSA) is 58.1 Å². The van der Waals surface area contributed by atoms with E-state index in [0.717, 1.165) is 41.2 Å². The molecular weight excluding hydrogens is 492 g/mol. The van der Waals surface area contributed by atoms with E-state index in [1.54, 1.807) is 0 Å². The number of piperidine rings is 1. The van der Waals surface area contributed by atoms with Gasteiger partial charge >= 0.3 is 0 Å². The van der Waals surface area contributed by atoms with Crippen molar-refractivity contribution in [2.45, 2.75) is 32.1 Å². The van der Waals surface area contributed by atoms with E-state index in [1.165, 1.54) is 36.6 Å². The Morgan fingerprint density at radius 2 is 1.79 bits per heavy atom. The Morgan fingerprint density at radius 3 is 2.58 bits per heavy atom. The van der Waals surface area contributed by atoms with E-state index >= 15 is 0 Å². The van der Waals surface area contributed by atoms with Gasteiger partial charge in [-0.05, 0) is 66.8 Å². The molecule has 192 valence electrons. The SMILES string of the molecule is C=CC(=O)Cc1cc(-c2nc(Nc3cccc(N4CCCCC4)c3)ncc2Cc2ccccc2)ccc1Cl. The Balaban J connectivity index is 1.49. The van der Waals surface area contributed by atoms with Gasteiger partial charge in [-0.2, -0.15) is 0 Å². The van der Waals surface area contributed by atoms with Gasteiger partial charge in [0.1, 0.15) is 0 Å². The van der Waals surface area contributed by atoms with Crippen molar-refractivity contribution in [2.24, 2.45) is 0 Å². The molecule has 0 unspecified atom stereocenters. The van der Waals surface area contributed by atoms with Crippen LogP contribution in [0.2, 0.25) is 5.02 Å². The first-order valence-corrected chi connectivity index (χ1v) is 13.4. The number of carbonyl (C=O) groups is 1. The lowest BCUT2D eigenvalue weighted by atomic mass is 9.98. The molecule has 0 amide bonds. The first-order chi connectivity index (χ1) is 18.6. The van der Waals surface area contributed by atoms with Crippen molar-refractivity contribution < 1.29 is 4.79 Å². The van der Waals surface area contributed by atoms with Gasteiger partial charge in [0.2, 0.25) is 5.95 Å². The maximum atomic E-state index is 12.1. The lowest BCUT2D eigenvalue weighted by molar-refractivity contribution is -0.114. The Labute approximate surface area is 229 Å². The highest BCUT2D eigenvalue weighted by atomic mass is 35.5. The summed E-state index contributed by atoms with van der Waals surface area (Å²) in [5, 5.41) is 3.96. The van der Waals surface area contributed by atoms with Gasteiger partial charge in [0.15, 0.2) is 5.78 Å². The van der Waals surface area contributed by atoms with E-state index in [2.05, 4.69) is 52.1 Å². The predicted molar refractivity (Wildman–Crippen MR) is 156 cm³/mol. The minimum Gasteiger partial charge on any atom is -0.371 e. The summed E-state index contributed by atoms with van der Waals surface area (Å²) < 4.78 is 0. The maximum absolute atomic E-state index is 12.1. The quantitative estimate of drug-likeness (QED) is 0.232. The molecule has 6 heteroatoms. The van der Waals surface area contributed by atoms with Crippen molar-refractivity contribution in [3.05, 3.63) is 113 Å². The Bertz CT molecular complexity index is 1430. The molecule has 0 spiro atoms. The zero-order valence-electron chi connectivity index (χ0n) is 21.4. The largest absolute Gasteiger partial charge is 0.371 e. The monoisotopic (exact) mass is 522 g/mol. The van der Waals surface area contributed by atoms with Crippen LogP contribution in [-0.4, -0.2) is 28.8 Å². The van der Waals surface area contributed by atoms with Crippen molar-refractivity contribution in [1.29, 1.82) is 0 Å². The van der Waals surface area contributed by atoms with Gasteiger partial charge in [-0.1, -0.05) is 60.6 Å². The van der Waals surface area contributed by atoms with Crippen LogP contribution in [-0.2, 0) is 17.6 Å². The Morgan fingerprint density at radius 1 is 0.974 bits per heavy atom. The van der Waals surface area contributed by atoms with Crippen LogP contribution < -0.4 is 10.2 Å². The summed E-state index contributed by atoms with van der Waals surface area (Å²) >= 11 is 6.44. The summed E-state index contributed by atoms with van der Waals surface area (Å²) in [6.07, 6.45) is 7.86. The van der Waals surface area contributed by atoms with Crippen LogP contribution in [0.1, 0.15) is 36.0 Å². The molecule has 5 nitrogen and oxygen atoms in total. The zero-order chi connectivity index (χ0) is 26.3. The standard InChI is InChI=1S/C32H31ClN4O/c1-2-29(38)20-25-19-24(14-15-30(25)33)31-26(18-23-10-5-3-6-11-23)22-34-32(36-31)35-27-12-9-13-28(21-27)37-16-7-4-8-17-37/h2-3,5-6,9-15,19,21-22H,1,4,7-8,16-18,20H2,(H,34,35,36). The van der Waals surface area contributed by atoms with Gasteiger partial charge in [-0.3, -0.25) is 4.79 Å². The van der Waals surface area contributed by atoms with Crippen LogP contribution >= 0.6 is 11.6 Å². The fraction of sp³-hybridized carbons (Fsp3) is 0.219. The number of ketones is 1. The average Bonchev–Trinajstić information content (AvgIpc) is 2.96. The van der Waals surface area contributed by atoms with Crippen LogP contribution in [0.4, 0.5) is 17.3 Å². The average molecular weight is 523 g/mol. The first kappa shape index (κ1) is 25.7. The van der Waals surface area contributed by atoms with Gasteiger partial charge in [-0.15, -0.1) is 0 Å². The number of allylic oxidation sites excluding steroid dienone is 1. The third-order valence-corrected chi connectivity index (χ3v) is 7.21. The van der Waals surface area contributed by atoms with Crippen LogP contribution in [0.25, 0.3) is 11.3 Å². The predicted octanol–water partition coefficient (Wildman–Crippen LogP) is 7.42. The smallest absolute Gasteiger partial charge is 0.227 e. The molecular formula is C32H31ClN4O. The van der Waals surface area contributed by atoms with Gasteiger partial charge in [-0.25, -0.2) is 9.97 Å². The van der Waals surface area contributed by atoms with E-state index in [0.29, 0.717) is 17.4 Å². The molecule has 1 fully saturated rings. The normalized spacial score (nSPS) is 13.2. The van der Waals surface area contributed by atoms with Gasteiger partial charge in [0.25, 0.3) is 0 Å². The fourth-order valence-corrected chi connectivity index (χ4v) is 5.03. The number of anilines is 3. The molecule has 5 rings (SSSR count). The molecule has 2 heterocycles. The molecule has 4 aromatic rings. The minimum absolute atomic E-state index is 0.0767. The van der Waals surface area contributed by atoms with E-state index < -0.39 is 0 Å². The third kappa shape index (κ3) is 6.29. The number of aromatic nitrogens is 2. The third-order valence-electron chi connectivity index (χ3n) is 6.84. The second kappa shape index (κ2) is 12.1. The van der Waals surface area contributed by atoms with Crippen molar-refractivity contribution in [3.8, 4) is 11.3 Å². The Kier molecular flexibility index (Phi) is 8.15. The van der Waals surface area contributed by atoms with Crippen LogP contribution in [0, 0.1) is 0 Å². The maximum Gasteiger partial charge on any atom is 0.227 e. The van der Waals surface area contributed by atoms with E-state index in [-0.39, 0.29) is 12.2 Å². The second-order valence-corrected chi connectivity index (χ2v) is 10.0. The van der Waals surface area contributed by atoms with Crippen molar-refractivity contribution in [1.82, 2.24) is 9.97 Å². The number of nitrogens with zero attached hydrogens (tertiary/aromatic N) is 3. The van der Waals surface area contributed by atoms with E-state index in [1.807, 2.05) is 48.7 Å². The van der Waals surface area contributed by atoms with Gasteiger partial charge < -0.3 is 10.2 Å². The van der Waals surface area contributed by atoms with Gasteiger partial charge in [0.05, 0.1) is 5.69 Å². The minimum atomic E-state index is -0.0767. The molecule has 1 aliphatic heterocycles. The lowest BCUT2D eigenvalue weighted by Crippen LogP contribution is -2.29. The number of halogens is 1. The number of hydrogen-bond acceptors (Lipinski definition) is 5. The summed E-state index contributed by atoms with van der Waals surface area (Å²) in [6, 6.07) is 24.4. The highest BCUT2D eigenvalue weighted by Crippen LogP contribution is 2.30. The molecule has 38 heavy (non-hydrogen) atoms. The molecule has 1 aromatic heterocycles. The number of benzene rings is 3. The van der Waals surface area contributed by atoms with Crippen LogP contribution in [0.15, 0.2) is 91.6 Å². The number of nitrogens with one attached hydrogen (secondary N) is 1. The van der Waals surface area contributed by atoms with Crippen molar-refractivity contribution in [3.63, 3.8) is 0 Å². The molecule has 0 radical (unpaired) electrons. The fourth-order valence-electron chi connectivity index (χ4n) is 4.84. The summed E-state index contributed by atoms with van der Waals surface area (Å²) in [7, 11) is 0. The highest BCUT2D eigenvalue weighted by molar-refractivity contribution is 6.31. The molecule has 0 bridgehead atoms. The molecule has 1 saturated heterocycles. The number of carbonyl (C=O) groups excluding carboxylic acids is 1. The van der Waals surface area contributed by atoms with E-state index in [4.69, 9.17) is 16.6 Å². The second-order valence-electron chi connectivity index (χ2n) is 9.61. The Hall–Kier alpha value is -3.96. The molecule has 3 aromatic carbocycles. The van der Waals surface area contributed by atoms with Crippen LogP contribution in [0.3, 0.4) is 0 Å². The van der Waals surface area contributed by atoms with E-state index in [9.17, 15) is 4.79 Å². The van der Waals surface area contributed by atoms with Crippen LogP contribution in [0.5, 0.6) is 0 Å². The molecule has 1 aliphatic rings. The number of hydrogen-bond donors (Lipinski definition) is 1. The van der Waals surface area contributed by atoms with Crippen molar-refractivity contribution >= 4 is 34.7 Å². The lowest BCUT2D eigenvalue weighted by Gasteiger charge is -2.29. The zero-order valence-corrected chi connectivity index (χ0v) is 22.1. The summed E-state index contributed by atoms with van der Waals surface area (Å²) in [4.78, 5) is 24.1. The van der Waals surface area contributed by atoms with Gasteiger partial charge in [0, 0.05) is 59.7 Å². The molecule has 0 saturated carbocycles. The molecule has 1 N–H and O–H groups in total. The summed E-state index contributed by atoms with van der Waals surface area (Å²) in [5.74, 6) is 0.443. The highest BCUT2D eigenvalue weighted by Gasteiger charge is 2.15.